The molecule has 0 fully saturated rings. The first-order chi connectivity index (χ1) is 7.11. The van der Waals surface area contributed by atoms with Gasteiger partial charge in [0, 0.05) is 19.3 Å². The highest BCUT2D eigenvalue weighted by atomic mass is 15.2. The van der Waals surface area contributed by atoms with Gasteiger partial charge in [-0.1, -0.05) is 13.8 Å². The van der Waals surface area contributed by atoms with Crippen LogP contribution in [0.1, 0.15) is 19.4 Å². The lowest BCUT2D eigenvalue weighted by Gasteiger charge is -2.19. The van der Waals surface area contributed by atoms with Crippen molar-refractivity contribution in [1.29, 1.82) is 0 Å². The van der Waals surface area contributed by atoms with Crippen LogP contribution in [-0.2, 0) is 6.54 Å². The minimum Gasteiger partial charge on any atom is -0.308 e. The summed E-state index contributed by atoms with van der Waals surface area (Å²) in [5.41, 5.74) is 3.77. The Morgan fingerprint density at radius 3 is 2.87 bits per heavy atom. The Hall–Kier alpha value is -1.13. The summed E-state index contributed by atoms with van der Waals surface area (Å²) in [4.78, 5) is 6.36. The van der Waals surface area contributed by atoms with Crippen LogP contribution in [0.2, 0.25) is 0 Å². The second-order valence-corrected chi connectivity index (χ2v) is 4.28. The molecule has 1 rings (SSSR count). The smallest absolute Gasteiger partial charge is 0.140 e. The predicted molar refractivity (Wildman–Crippen MR) is 63.2 cm³/mol. The van der Waals surface area contributed by atoms with Gasteiger partial charge in [-0.2, -0.15) is 0 Å². The third kappa shape index (κ3) is 4.27. The Morgan fingerprint density at radius 2 is 2.27 bits per heavy atom. The second kappa shape index (κ2) is 5.68. The van der Waals surface area contributed by atoms with Crippen molar-refractivity contribution in [3.8, 4) is 0 Å². The molecule has 0 unspecified atom stereocenters. The van der Waals surface area contributed by atoms with Gasteiger partial charge >= 0.3 is 0 Å². The Balaban J connectivity index is 2.55. The number of nitrogens with zero attached hydrogens (tertiary/aromatic N) is 2. The van der Waals surface area contributed by atoms with E-state index in [0.717, 1.165) is 13.1 Å². The standard InChI is InChI=1S/C11H20N4/c1-9(2)7-15(3)8-10-4-5-13-11(6-10)14-12/h4-6,9H,7-8,12H2,1-3H3,(H,13,14). The van der Waals surface area contributed by atoms with Crippen molar-refractivity contribution >= 4 is 5.82 Å². The molecule has 84 valence electrons. The number of hydrogen-bond donors (Lipinski definition) is 2. The number of anilines is 1. The van der Waals surface area contributed by atoms with Crippen molar-refractivity contribution in [2.24, 2.45) is 11.8 Å². The minimum atomic E-state index is 0.684. The summed E-state index contributed by atoms with van der Waals surface area (Å²) in [6, 6.07) is 3.98. The van der Waals surface area contributed by atoms with Crippen molar-refractivity contribution in [3.63, 3.8) is 0 Å². The highest BCUT2D eigenvalue weighted by molar-refractivity contribution is 5.35. The van der Waals surface area contributed by atoms with E-state index in [1.54, 1.807) is 6.20 Å². The summed E-state index contributed by atoms with van der Waals surface area (Å²) in [5, 5.41) is 0. The van der Waals surface area contributed by atoms with Gasteiger partial charge < -0.3 is 10.3 Å². The monoisotopic (exact) mass is 208 g/mol. The van der Waals surface area contributed by atoms with E-state index in [1.807, 2.05) is 12.1 Å². The van der Waals surface area contributed by atoms with Crippen molar-refractivity contribution in [2.75, 3.05) is 19.0 Å². The SMILES string of the molecule is CC(C)CN(C)Cc1ccnc(NN)c1. The van der Waals surface area contributed by atoms with Crippen molar-refractivity contribution in [3.05, 3.63) is 23.9 Å². The molecule has 0 saturated carbocycles. The Morgan fingerprint density at radius 1 is 1.53 bits per heavy atom. The molecule has 0 bridgehead atoms. The van der Waals surface area contributed by atoms with Crippen LogP contribution in [0, 0.1) is 5.92 Å². The summed E-state index contributed by atoms with van der Waals surface area (Å²) >= 11 is 0. The average molecular weight is 208 g/mol. The third-order valence-corrected chi connectivity index (χ3v) is 2.10. The molecular formula is C11H20N4. The molecule has 1 heterocycles. The van der Waals surface area contributed by atoms with Crippen LogP contribution in [0.25, 0.3) is 0 Å². The topological polar surface area (TPSA) is 54.2 Å². The third-order valence-electron chi connectivity index (χ3n) is 2.10. The molecule has 15 heavy (non-hydrogen) atoms. The quantitative estimate of drug-likeness (QED) is 0.568. The van der Waals surface area contributed by atoms with E-state index >= 15 is 0 Å². The van der Waals surface area contributed by atoms with Gasteiger partial charge in [-0.05, 0) is 30.7 Å². The van der Waals surface area contributed by atoms with Crippen LogP contribution in [0.4, 0.5) is 5.82 Å². The zero-order valence-electron chi connectivity index (χ0n) is 9.70. The normalized spacial score (nSPS) is 11.1. The fourth-order valence-electron chi connectivity index (χ4n) is 1.65. The maximum atomic E-state index is 5.30. The number of hydrazine groups is 1. The lowest BCUT2D eigenvalue weighted by molar-refractivity contribution is 0.288. The van der Waals surface area contributed by atoms with Crippen molar-refractivity contribution in [2.45, 2.75) is 20.4 Å². The molecule has 4 heteroatoms. The van der Waals surface area contributed by atoms with Gasteiger partial charge in [0.15, 0.2) is 0 Å². The van der Waals surface area contributed by atoms with E-state index in [4.69, 9.17) is 5.84 Å². The molecule has 0 saturated heterocycles. The lowest BCUT2D eigenvalue weighted by Crippen LogP contribution is -2.22. The number of nitrogens with two attached hydrogens (primary N) is 1. The number of hydrogen-bond acceptors (Lipinski definition) is 4. The molecule has 1 aromatic rings. The van der Waals surface area contributed by atoms with Gasteiger partial charge in [-0.25, -0.2) is 10.8 Å². The molecule has 0 aliphatic heterocycles. The number of nitrogen functional groups attached to an aromatic ring is 1. The maximum absolute atomic E-state index is 5.30. The summed E-state index contributed by atoms with van der Waals surface area (Å²) in [6.07, 6.45) is 1.77. The molecule has 0 aliphatic rings. The van der Waals surface area contributed by atoms with E-state index < -0.39 is 0 Å². The van der Waals surface area contributed by atoms with Crippen molar-refractivity contribution < 1.29 is 0 Å². The van der Waals surface area contributed by atoms with Crippen molar-refractivity contribution in [1.82, 2.24) is 9.88 Å². The molecule has 0 aliphatic carbocycles. The Bertz CT molecular complexity index is 298. The molecule has 0 amide bonds. The van der Waals surface area contributed by atoms with Crippen LogP contribution in [0.3, 0.4) is 0 Å². The predicted octanol–water partition coefficient (Wildman–Crippen LogP) is 1.45. The van der Waals surface area contributed by atoms with E-state index in [0.29, 0.717) is 11.7 Å². The fraction of sp³-hybridized carbons (Fsp3) is 0.545. The molecule has 0 aromatic carbocycles. The van der Waals surface area contributed by atoms with Crippen LogP contribution in [-0.4, -0.2) is 23.5 Å². The van der Waals surface area contributed by atoms with E-state index in [1.165, 1.54) is 5.56 Å². The second-order valence-electron chi connectivity index (χ2n) is 4.28. The van der Waals surface area contributed by atoms with Gasteiger partial charge in [-0.15, -0.1) is 0 Å². The van der Waals surface area contributed by atoms with Gasteiger partial charge in [0.05, 0.1) is 0 Å². The van der Waals surface area contributed by atoms with Gasteiger partial charge in [0.1, 0.15) is 5.82 Å². The summed E-state index contributed by atoms with van der Waals surface area (Å²) in [6.45, 7) is 6.45. The van der Waals surface area contributed by atoms with Crippen LogP contribution >= 0.6 is 0 Å². The summed E-state index contributed by atoms with van der Waals surface area (Å²) in [5.74, 6) is 6.70. The van der Waals surface area contributed by atoms with Gasteiger partial charge in [0.2, 0.25) is 0 Å². The molecule has 0 atom stereocenters. The summed E-state index contributed by atoms with van der Waals surface area (Å²) < 4.78 is 0. The first-order valence-electron chi connectivity index (χ1n) is 5.22. The number of pyridine rings is 1. The van der Waals surface area contributed by atoms with Gasteiger partial charge in [-0.3, -0.25) is 0 Å². The molecule has 0 radical (unpaired) electrons. The molecule has 3 N–H and O–H groups in total. The first kappa shape index (κ1) is 11.9. The van der Waals surface area contributed by atoms with Gasteiger partial charge in [0.25, 0.3) is 0 Å². The fourth-order valence-corrected chi connectivity index (χ4v) is 1.65. The van der Waals surface area contributed by atoms with E-state index in [-0.39, 0.29) is 0 Å². The maximum Gasteiger partial charge on any atom is 0.140 e. The number of nitrogens with one attached hydrogen (secondary N) is 1. The molecule has 0 spiro atoms. The zero-order chi connectivity index (χ0) is 11.3. The number of aromatic nitrogens is 1. The zero-order valence-corrected chi connectivity index (χ0v) is 9.70. The van der Waals surface area contributed by atoms with Crippen LogP contribution in [0.5, 0.6) is 0 Å². The molecule has 1 aromatic heterocycles. The lowest BCUT2D eigenvalue weighted by atomic mass is 10.2. The number of rotatable bonds is 5. The Kier molecular flexibility index (Phi) is 4.52. The highest BCUT2D eigenvalue weighted by Gasteiger charge is 2.03. The highest BCUT2D eigenvalue weighted by Crippen LogP contribution is 2.08. The Labute approximate surface area is 91.5 Å². The van der Waals surface area contributed by atoms with E-state index in [2.05, 4.69) is 36.2 Å². The average Bonchev–Trinajstić information content (AvgIpc) is 2.16. The molecule has 4 nitrogen and oxygen atoms in total. The van der Waals surface area contributed by atoms with E-state index in [9.17, 15) is 0 Å². The molecular weight excluding hydrogens is 188 g/mol. The first-order valence-corrected chi connectivity index (χ1v) is 5.22. The summed E-state index contributed by atoms with van der Waals surface area (Å²) in [7, 11) is 2.12. The van der Waals surface area contributed by atoms with Crippen LogP contribution in [0.15, 0.2) is 18.3 Å². The largest absolute Gasteiger partial charge is 0.308 e. The minimum absolute atomic E-state index is 0.684. The van der Waals surface area contributed by atoms with Crippen LogP contribution < -0.4 is 11.3 Å².